The summed E-state index contributed by atoms with van der Waals surface area (Å²) in [5.41, 5.74) is 1.09. The third-order valence-corrected chi connectivity index (χ3v) is 9.12. The number of anilines is 1. The van der Waals surface area contributed by atoms with Crippen molar-refractivity contribution in [3.05, 3.63) is 76.1 Å². The molecule has 4 aromatic rings. The van der Waals surface area contributed by atoms with Crippen LogP contribution in [-0.2, 0) is 28.3 Å². The highest BCUT2D eigenvalue weighted by molar-refractivity contribution is 7.92. The van der Waals surface area contributed by atoms with E-state index in [0.29, 0.717) is 40.8 Å². The molecule has 0 aliphatic carbocycles. The number of piperazine rings is 1. The molecule has 1 aliphatic heterocycles. The lowest BCUT2D eigenvalue weighted by molar-refractivity contribution is -0.123. The number of amides is 1. The minimum atomic E-state index is -3.72. The molecule has 1 amide bonds. The van der Waals surface area contributed by atoms with Gasteiger partial charge >= 0.3 is 0 Å². The van der Waals surface area contributed by atoms with Crippen LogP contribution in [0.25, 0.3) is 22.0 Å². The topological polar surface area (TPSA) is 133 Å². The summed E-state index contributed by atoms with van der Waals surface area (Å²) in [6, 6.07) is 9.00. The molecule has 1 saturated heterocycles. The number of aromatic nitrogens is 3. The van der Waals surface area contributed by atoms with Gasteiger partial charge in [0.15, 0.2) is 5.82 Å². The number of aliphatic hydroxyl groups is 1. The van der Waals surface area contributed by atoms with Gasteiger partial charge < -0.3 is 15.3 Å². The molecule has 1 atom stereocenters. The van der Waals surface area contributed by atoms with Gasteiger partial charge in [-0.3, -0.25) is 19.1 Å². The Morgan fingerprint density at radius 1 is 1.06 bits per heavy atom. The van der Waals surface area contributed by atoms with Crippen molar-refractivity contribution in [3.8, 4) is 23.0 Å². The second-order valence-corrected chi connectivity index (χ2v) is 15.1. The number of carbonyl (C=O) groups excluding carboxylic acids is 1. The molecule has 15 heteroatoms. The summed E-state index contributed by atoms with van der Waals surface area (Å²) >= 11 is 6.61. The number of aryl methyl sites for hydroxylation is 1. The average molecular weight is 728 g/mol. The first-order valence-electron chi connectivity index (χ1n) is 16.1. The molecular weight excluding hydrogens is 688 g/mol. The molecule has 3 N–H and O–H groups in total. The highest BCUT2D eigenvalue weighted by atomic mass is 35.5. The minimum absolute atomic E-state index is 0.0299. The van der Waals surface area contributed by atoms with Crippen molar-refractivity contribution in [2.24, 2.45) is 7.05 Å². The maximum absolute atomic E-state index is 14.4. The molecule has 3 heterocycles. The molecule has 266 valence electrons. The summed E-state index contributed by atoms with van der Waals surface area (Å²) < 4.78 is 57.2. The third kappa shape index (κ3) is 9.35. The number of nitrogens with zero attached hydrogens (tertiary/aromatic N) is 5. The molecule has 2 aromatic heterocycles. The molecule has 5 rings (SSSR count). The van der Waals surface area contributed by atoms with E-state index in [4.69, 9.17) is 16.6 Å². The van der Waals surface area contributed by atoms with Gasteiger partial charge in [0, 0.05) is 50.4 Å². The highest BCUT2D eigenvalue weighted by Gasteiger charge is 2.27. The van der Waals surface area contributed by atoms with Crippen molar-refractivity contribution in [3.63, 3.8) is 0 Å². The predicted molar refractivity (Wildman–Crippen MR) is 190 cm³/mol. The van der Waals surface area contributed by atoms with Gasteiger partial charge in [0.25, 0.3) is 0 Å². The summed E-state index contributed by atoms with van der Waals surface area (Å²) in [4.78, 5) is 22.9. The fraction of sp³-hybridized carbons (Fsp3) is 0.400. The van der Waals surface area contributed by atoms with Crippen LogP contribution in [0.4, 0.5) is 14.6 Å². The first kappa shape index (κ1) is 37.1. The third-order valence-electron chi connectivity index (χ3n) is 8.24. The molecule has 1 fully saturated rings. The first-order chi connectivity index (χ1) is 23.5. The Morgan fingerprint density at radius 3 is 2.32 bits per heavy atom. The van der Waals surface area contributed by atoms with E-state index in [9.17, 15) is 27.1 Å². The van der Waals surface area contributed by atoms with Crippen LogP contribution in [0.15, 0.2) is 42.5 Å². The fourth-order valence-corrected chi connectivity index (χ4v) is 6.72. The zero-order chi connectivity index (χ0) is 36.4. The minimum Gasteiger partial charge on any atom is -0.378 e. The van der Waals surface area contributed by atoms with E-state index >= 15 is 0 Å². The van der Waals surface area contributed by atoms with Gasteiger partial charge in [-0.05, 0) is 68.6 Å². The number of rotatable bonds is 10. The van der Waals surface area contributed by atoms with E-state index in [0.717, 1.165) is 32.0 Å². The monoisotopic (exact) mass is 727 g/mol. The van der Waals surface area contributed by atoms with E-state index in [1.54, 1.807) is 31.3 Å². The maximum Gasteiger partial charge on any atom is 0.234 e. The van der Waals surface area contributed by atoms with E-state index in [1.807, 2.05) is 0 Å². The van der Waals surface area contributed by atoms with Crippen LogP contribution in [0.3, 0.4) is 0 Å². The predicted octanol–water partition coefficient (Wildman–Crippen LogP) is 4.10. The summed E-state index contributed by atoms with van der Waals surface area (Å²) in [7, 11) is -2.08. The van der Waals surface area contributed by atoms with Crippen LogP contribution in [-0.4, -0.2) is 95.1 Å². The molecule has 50 heavy (non-hydrogen) atoms. The van der Waals surface area contributed by atoms with E-state index in [1.165, 1.54) is 30.7 Å². The molecule has 0 bridgehead atoms. The smallest absolute Gasteiger partial charge is 0.234 e. The fourth-order valence-electron chi connectivity index (χ4n) is 5.98. The average Bonchev–Trinajstić information content (AvgIpc) is 3.34. The molecule has 1 unspecified atom stereocenters. The van der Waals surface area contributed by atoms with Crippen molar-refractivity contribution < 1.29 is 27.1 Å². The van der Waals surface area contributed by atoms with Crippen LogP contribution in [0.2, 0.25) is 5.02 Å². The van der Waals surface area contributed by atoms with Crippen molar-refractivity contribution in [1.29, 1.82) is 0 Å². The van der Waals surface area contributed by atoms with Crippen molar-refractivity contribution in [1.82, 2.24) is 29.9 Å². The van der Waals surface area contributed by atoms with Gasteiger partial charge in [-0.15, -0.1) is 0 Å². The van der Waals surface area contributed by atoms with Gasteiger partial charge in [0.2, 0.25) is 15.9 Å². The second-order valence-electron chi connectivity index (χ2n) is 12.9. The lowest BCUT2D eigenvalue weighted by Crippen LogP contribution is -2.49. The number of hydrogen-bond donors (Lipinski definition) is 3. The number of benzene rings is 2. The Labute approximate surface area is 295 Å². The van der Waals surface area contributed by atoms with Gasteiger partial charge in [-0.25, -0.2) is 22.2 Å². The molecule has 0 radical (unpaired) electrons. The molecule has 0 spiro atoms. The van der Waals surface area contributed by atoms with E-state index in [2.05, 4.69) is 43.7 Å². The van der Waals surface area contributed by atoms with Gasteiger partial charge in [-0.2, -0.15) is 5.10 Å². The number of hydrogen-bond acceptors (Lipinski definition) is 8. The summed E-state index contributed by atoms with van der Waals surface area (Å²) in [6.45, 7) is 9.27. The Kier molecular flexibility index (Phi) is 11.1. The normalized spacial score (nSPS) is 15.1. The number of pyridine rings is 1. The Bertz CT molecular complexity index is 2060. The molecule has 11 nitrogen and oxygen atoms in total. The van der Waals surface area contributed by atoms with Crippen molar-refractivity contribution >= 4 is 44.3 Å². The first-order valence-corrected chi connectivity index (χ1v) is 18.4. The number of halogens is 3. The van der Waals surface area contributed by atoms with Crippen LogP contribution >= 0.6 is 11.6 Å². The second kappa shape index (κ2) is 15.0. The lowest BCUT2D eigenvalue weighted by atomic mass is 9.93. The van der Waals surface area contributed by atoms with Crippen LogP contribution in [0.5, 0.6) is 0 Å². The van der Waals surface area contributed by atoms with E-state index in [-0.39, 0.29) is 41.0 Å². The Morgan fingerprint density at radius 2 is 1.70 bits per heavy atom. The van der Waals surface area contributed by atoms with Gasteiger partial charge in [0.05, 0.1) is 40.5 Å². The van der Waals surface area contributed by atoms with Gasteiger partial charge in [-0.1, -0.05) is 30.5 Å². The lowest BCUT2D eigenvalue weighted by Gasteiger charge is -2.34. The zero-order valence-electron chi connectivity index (χ0n) is 28.5. The molecule has 0 saturated carbocycles. The Hall–Kier alpha value is -4.13. The Balaban J connectivity index is 1.67. The summed E-state index contributed by atoms with van der Waals surface area (Å²) in [5, 5.41) is 18.3. The van der Waals surface area contributed by atoms with Gasteiger partial charge in [0.1, 0.15) is 22.9 Å². The standard InChI is InChI=1S/C35H40ClF2N7O4S/c1-6-44-13-15-45(16-14-44)21-30(46)40-29(19-22-17-23(37)20-24(38)18-22)32-26(8-7-25(39-32)11-12-35(2,3)47)27-9-10-28(36)31-33(27)43(4)41-34(31)42-50(5,48)49/h7-10,17-18,20,29,47H,6,13-16,19,21H2,1-5H3,(H,40,46)(H,41,42). The number of likely N-dealkylation sites (N-methyl/N-ethyl adjacent to an activating group) is 1. The number of nitrogens with one attached hydrogen (secondary N) is 2. The van der Waals surface area contributed by atoms with Crippen LogP contribution in [0.1, 0.15) is 43.8 Å². The molecule has 2 aromatic carbocycles. The maximum atomic E-state index is 14.4. The molecule has 1 aliphatic rings. The molecular formula is C35H40ClF2N7O4S. The zero-order valence-corrected chi connectivity index (χ0v) is 30.1. The van der Waals surface area contributed by atoms with E-state index < -0.39 is 33.3 Å². The van der Waals surface area contributed by atoms with Crippen LogP contribution < -0.4 is 10.0 Å². The van der Waals surface area contributed by atoms with Crippen molar-refractivity contribution in [2.45, 2.75) is 38.8 Å². The number of carbonyl (C=O) groups is 1. The SMILES string of the molecule is CCN1CCN(CC(=O)NC(Cc2cc(F)cc(F)c2)c2nc(C#CC(C)(C)O)ccc2-c2ccc(Cl)c3c(NS(C)(=O)=O)nn(C)c23)CC1. The van der Waals surface area contributed by atoms with Crippen molar-refractivity contribution in [2.75, 3.05) is 50.2 Å². The quantitative estimate of drug-likeness (QED) is 0.208. The largest absolute Gasteiger partial charge is 0.378 e. The summed E-state index contributed by atoms with van der Waals surface area (Å²) in [5.74, 6) is 3.83. The summed E-state index contributed by atoms with van der Waals surface area (Å²) in [6.07, 6.45) is 0.975. The number of sulfonamides is 1. The van der Waals surface area contributed by atoms with Crippen LogP contribution in [0, 0.1) is 23.5 Å². The highest BCUT2D eigenvalue weighted by Crippen LogP contribution is 2.40. The number of fused-ring (bicyclic) bond motifs is 1.